The van der Waals surface area contributed by atoms with Gasteiger partial charge in [0.25, 0.3) is 0 Å². The van der Waals surface area contributed by atoms with Crippen LogP contribution < -0.4 is 11.1 Å². The van der Waals surface area contributed by atoms with Crippen molar-refractivity contribution in [1.29, 1.82) is 0 Å². The van der Waals surface area contributed by atoms with Crippen molar-refractivity contribution in [2.45, 2.75) is 32.4 Å². The average Bonchev–Trinajstić information content (AvgIpc) is 3.09. The van der Waals surface area contributed by atoms with E-state index in [0.717, 1.165) is 51.5 Å². The van der Waals surface area contributed by atoms with Crippen molar-refractivity contribution in [2.24, 2.45) is 0 Å². The Kier molecular flexibility index (Phi) is 5.25. The summed E-state index contributed by atoms with van der Waals surface area (Å²) >= 11 is 0. The molecule has 0 fully saturated rings. The van der Waals surface area contributed by atoms with Gasteiger partial charge in [0, 0.05) is 25.8 Å². The molecule has 0 radical (unpaired) electrons. The number of aromatic nitrogens is 3. The van der Waals surface area contributed by atoms with Crippen LogP contribution in [0, 0.1) is 0 Å². The summed E-state index contributed by atoms with van der Waals surface area (Å²) in [6, 6.07) is 19.3. The van der Waals surface area contributed by atoms with Crippen molar-refractivity contribution in [2.75, 3.05) is 17.7 Å². The number of nitrogens with one attached hydrogen (secondary N) is 1. The maximum atomic E-state index is 6.37. The molecule has 0 aliphatic heterocycles. The number of nitrogens with zero attached hydrogens (tertiary/aromatic N) is 3. The lowest BCUT2D eigenvalue weighted by atomic mass is 10.1. The van der Waals surface area contributed by atoms with Crippen LogP contribution in [0.15, 0.2) is 54.6 Å². The fraction of sp³-hybridized carbons (Fsp3) is 0.273. The predicted molar refractivity (Wildman–Crippen MR) is 123 cm³/mol. The quantitative estimate of drug-likeness (QED) is 0.250. The second-order valence-electron chi connectivity index (χ2n) is 8.51. The van der Waals surface area contributed by atoms with Gasteiger partial charge in [0.15, 0.2) is 0 Å². The van der Waals surface area contributed by atoms with Gasteiger partial charge in [-0.3, -0.25) is 0 Å². The highest BCUT2D eigenvalue weighted by molar-refractivity contribution is 6.76. The molecule has 3 aromatic carbocycles. The van der Waals surface area contributed by atoms with E-state index in [1.165, 1.54) is 0 Å². The van der Waals surface area contributed by atoms with E-state index >= 15 is 0 Å². The van der Waals surface area contributed by atoms with Crippen LogP contribution in [0.2, 0.25) is 25.7 Å². The van der Waals surface area contributed by atoms with Crippen molar-refractivity contribution in [3.63, 3.8) is 0 Å². The summed E-state index contributed by atoms with van der Waals surface area (Å²) in [5.41, 5.74) is 10.7. The normalized spacial score (nSPS) is 12.0. The van der Waals surface area contributed by atoms with Gasteiger partial charge >= 0.3 is 0 Å². The molecule has 6 nitrogen and oxygen atoms in total. The number of anilines is 3. The molecule has 1 aromatic heterocycles. The Hall–Kier alpha value is -2.90. The fourth-order valence-corrected chi connectivity index (χ4v) is 3.99. The molecule has 0 unspecified atom stereocenters. The van der Waals surface area contributed by atoms with Crippen molar-refractivity contribution in [3.05, 3.63) is 54.6 Å². The van der Waals surface area contributed by atoms with Crippen LogP contribution in [0.4, 0.5) is 17.1 Å². The van der Waals surface area contributed by atoms with Crippen LogP contribution in [0.1, 0.15) is 0 Å². The highest BCUT2D eigenvalue weighted by Gasteiger charge is 2.13. The van der Waals surface area contributed by atoms with E-state index < -0.39 is 8.07 Å². The first-order valence-electron chi connectivity index (χ1n) is 9.86. The minimum absolute atomic E-state index is 0.422. The Labute approximate surface area is 171 Å². The van der Waals surface area contributed by atoms with Gasteiger partial charge in [0.2, 0.25) is 0 Å². The van der Waals surface area contributed by atoms with E-state index in [1.807, 2.05) is 42.5 Å². The lowest BCUT2D eigenvalue weighted by Crippen LogP contribution is -2.22. The van der Waals surface area contributed by atoms with Gasteiger partial charge in [0.05, 0.1) is 16.9 Å². The number of nitrogen functional groups attached to an aromatic ring is 1. The number of rotatable bonds is 7. The number of ether oxygens (including phenoxy) is 1. The maximum absolute atomic E-state index is 6.37. The van der Waals surface area contributed by atoms with Gasteiger partial charge in [-0.2, -0.15) is 0 Å². The molecule has 0 saturated heterocycles. The fourth-order valence-electron chi connectivity index (χ4n) is 3.23. The number of nitrogens with two attached hydrogens (primary N) is 1. The largest absolute Gasteiger partial charge is 0.397 e. The molecule has 0 amide bonds. The zero-order valence-electron chi connectivity index (χ0n) is 17.1. The molecule has 0 atom stereocenters. The molecular formula is C22H27N5OSi. The first kappa shape index (κ1) is 19.4. The first-order valence-corrected chi connectivity index (χ1v) is 13.6. The van der Waals surface area contributed by atoms with Gasteiger partial charge in [-0.15, -0.1) is 5.10 Å². The Balaban J connectivity index is 1.49. The zero-order valence-corrected chi connectivity index (χ0v) is 18.1. The van der Waals surface area contributed by atoms with Crippen molar-refractivity contribution >= 4 is 46.9 Å². The van der Waals surface area contributed by atoms with Crippen LogP contribution in [0.5, 0.6) is 0 Å². The second-order valence-corrected chi connectivity index (χ2v) is 14.1. The summed E-state index contributed by atoms with van der Waals surface area (Å²) in [7, 11) is -1.09. The third kappa shape index (κ3) is 4.41. The molecule has 7 heteroatoms. The lowest BCUT2D eigenvalue weighted by Gasteiger charge is -2.15. The molecule has 0 saturated carbocycles. The number of hydrogen-bond acceptors (Lipinski definition) is 5. The van der Waals surface area contributed by atoms with Crippen molar-refractivity contribution < 1.29 is 4.74 Å². The third-order valence-electron chi connectivity index (χ3n) is 4.97. The summed E-state index contributed by atoms with van der Waals surface area (Å²) in [6.07, 6.45) is 0. The van der Waals surface area contributed by atoms with Gasteiger partial charge in [0.1, 0.15) is 12.2 Å². The Morgan fingerprint density at radius 3 is 2.72 bits per heavy atom. The summed E-state index contributed by atoms with van der Waals surface area (Å²) < 4.78 is 7.61. The number of benzene rings is 3. The van der Waals surface area contributed by atoms with E-state index in [9.17, 15) is 0 Å². The monoisotopic (exact) mass is 405 g/mol. The third-order valence-corrected chi connectivity index (χ3v) is 6.68. The van der Waals surface area contributed by atoms with E-state index in [-0.39, 0.29) is 0 Å². The standard InChI is InChI=1S/C22H27N5OSi/c1-29(2,3)13-12-28-15-27-21-11-9-17(14-20(21)25-26-27)24-19-10-8-16-6-4-5-7-18(16)22(19)23/h4-11,14,24H,12-13,15,23H2,1-3H3. The molecule has 0 aliphatic carbocycles. The zero-order chi connectivity index (χ0) is 20.4. The summed E-state index contributed by atoms with van der Waals surface area (Å²) in [5, 5.41) is 14.1. The van der Waals surface area contributed by atoms with Crippen LogP contribution in [0.25, 0.3) is 21.8 Å². The minimum atomic E-state index is -1.09. The van der Waals surface area contributed by atoms with E-state index in [4.69, 9.17) is 10.5 Å². The van der Waals surface area contributed by atoms with E-state index in [2.05, 4.69) is 47.4 Å². The molecule has 0 bridgehead atoms. The van der Waals surface area contributed by atoms with Crippen LogP contribution in [-0.2, 0) is 11.5 Å². The summed E-state index contributed by atoms with van der Waals surface area (Å²) in [4.78, 5) is 0. The molecule has 150 valence electrons. The van der Waals surface area contributed by atoms with E-state index in [0.29, 0.717) is 6.73 Å². The molecule has 1 heterocycles. The Morgan fingerprint density at radius 2 is 1.90 bits per heavy atom. The van der Waals surface area contributed by atoms with E-state index in [1.54, 1.807) is 4.68 Å². The molecular weight excluding hydrogens is 378 g/mol. The minimum Gasteiger partial charge on any atom is -0.397 e. The van der Waals surface area contributed by atoms with Crippen LogP contribution >= 0.6 is 0 Å². The van der Waals surface area contributed by atoms with Crippen molar-refractivity contribution in [1.82, 2.24) is 15.0 Å². The molecule has 4 aromatic rings. The topological polar surface area (TPSA) is 78.0 Å². The number of fused-ring (bicyclic) bond motifs is 2. The molecule has 4 rings (SSSR count). The Morgan fingerprint density at radius 1 is 1.07 bits per heavy atom. The molecule has 0 spiro atoms. The summed E-state index contributed by atoms with van der Waals surface area (Å²) in [5.74, 6) is 0. The average molecular weight is 406 g/mol. The maximum Gasteiger partial charge on any atom is 0.141 e. The molecule has 0 aliphatic rings. The second kappa shape index (κ2) is 7.85. The van der Waals surface area contributed by atoms with Crippen LogP contribution in [0.3, 0.4) is 0 Å². The SMILES string of the molecule is C[Si](C)(C)CCOCn1nnc2cc(Nc3ccc4ccccc4c3N)ccc21. The lowest BCUT2D eigenvalue weighted by molar-refractivity contribution is 0.0803. The van der Waals surface area contributed by atoms with Gasteiger partial charge in [-0.25, -0.2) is 4.68 Å². The highest BCUT2D eigenvalue weighted by atomic mass is 28.3. The van der Waals surface area contributed by atoms with Gasteiger partial charge < -0.3 is 15.8 Å². The number of hydrogen-bond donors (Lipinski definition) is 2. The molecule has 29 heavy (non-hydrogen) atoms. The first-order chi connectivity index (χ1) is 13.9. The molecule has 3 N–H and O–H groups in total. The van der Waals surface area contributed by atoms with Crippen molar-refractivity contribution in [3.8, 4) is 0 Å². The smallest absolute Gasteiger partial charge is 0.141 e. The van der Waals surface area contributed by atoms with Gasteiger partial charge in [-0.05, 0) is 35.7 Å². The Bertz CT molecular complexity index is 1150. The van der Waals surface area contributed by atoms with Gasteiger partial charge in [-0.1, -0.05) is 55.2 Å². The predicted octanol–water partition coefficient (Wildman–Crippen LogP) is 5.22. The highest BCUT2D eigenvalue weighted by Crippen LogP contribution is 2.31. The van der Waals surface area contributed by atoms with Crippen LogP contribution in [-0.4, -0.2) is 29.7 Å². The summed E-state index contributed by atoms with van der Waals surface area (Å²) in [6.45, 7) is 8.22.